The number of aromatic nitrogens is 2. The quantitative estimate of drug-likeness (QED) is 0.366. The Hall–Kier alpha value is -1.61. The number of hydrogen-bond donors (Lipinski definition) is 2. The summed E-state index contributed by atoms with van der Waals surface area (Å²) in [5.41, 5.74) is 2.28. The number of aliphatic imine (C=N–C) groups is 1. The molecule has 1 saturated heterocycles. The largest absolute Gasteiger partial charge is 0.354 e. The minimum Gasteiger partial charge on any atom is -0.354 e. The molecule has 0 unspecified atom stereocenters. The van der Waals surface area contributed by atoms with Crippen LogP contribution in [-0.4, -0.2) is 53.4 Å². The second-order valence-corrected chi connectivity index (χ2v) is 7.66. The Bertz CT molecular complexity index is 720. The van der Waals surface area contributed by atoms with Gasteiger partial charge in [-0.15, -0.1) is 24.0 Å². The van der Waals surface area contributed by atoms with Crippen molar-refractivity contribution in [3.8, 4) is 5.69 Å². The molecule has 7 heteroatoms. The maximum Gasteiger partial charge on any atom is 0.191 e. The number of benzene rings is 1. The van der Waals surface area contributed by atoms with Crippen molar-refractivity contribution in [2.75, 3.05) is 26.7 Å². The topological polar surface area (TPSA) is 57.5 Å². The molecule has 0 amide bonds. The van der Waals surface area contributed by atoms with Gasteiger partial charge in [0, 0.05) is 51.7 Å². The van der Waals surface area contributed by atoms with E-state index in [0.717, 1.165) is 24.1 Å². The average Bonchev–Trinajstić information content (AvgIpc) is 3.21. The van der Waals surface area contributed by atoms with Gasteiger partial charge in [-0.3, -0.25) is 4.99 Å². The second-order valence-electron chi connectivity index (χ2n) is 7.66. The Balaban J connectivity index is 0.00000280. The molecule has 1 aliphatic rings. The van der Waals surface area contributed by atoms with E-state index in [4.69, 9.17) is 0 Å². The third-order valence-electron chi connectivity index (χ3n) is 4.91. The highest BCUT2D eigenvalue weighted by atomic mass is 127. The Labute approximate surface area is 185 Å². The highest BCUT2D eigenvalue weighted by Gasteiger charge is 2.20. The molecule has 3 rings (SSSR count). The fourth-order valence-corrected chi connectivity index (χ4v) is 3.58. The average molecular weight is 496 g/mol. The van der Waals surface area contributed by atoms with Crippen molar-refractivity contribution < 1.29 is 0 Å². The minimum atomic E-state index is 0. The van der Waals surface area contributed by atoms with Crippen molar-refractivity contribution >= 4 is 29.9 Å². The van der Waals surface area contributed by atoms with Gasteiger partial charge >= 0.3 is 0 Å². The molecule has 6 nitrogen and oxygen atoms in total. The molecule has 1 aromatic heterocycles. The number of nitrogens with zero attached hydrogens (tertiary/aromatic N) is 4. The van der Waals surface area contributed by atoms with E-state index in [-0.39, 0.29) is 24.0 Å². The monoisotopic (exact) mass is 496 g/mol. The first-order valence-corrected chi connectivity index (χ1v) is 9.92. The van der Waals surface area contributed by atoms with Crippen LogP contribution in [0.4, 0.5) is 0 Å². The zero-order valence-corrected chi connectivity index (χ0v) is 19.5. The number of hydrogen-bond acceptors (Lipinski definition) is 3. The van der Waals surface area contributed by atoms with E-state index in [1.54, 1.807) is 6.20 Å². The normalized spacial score (nSPS) is 16.1. The molecule has 28 heavy (non-hydrogen) atoms. The molecule has 154 valence electrons. The number of piperidine rings is 1. The molecule has 1 aromatic carbocycles. The number of halogens is 1. The lowest BCUT2D eigenvalue weighted by Gasteiger charge is -2.34. The first kappa shape index (κ1) is 22.7. The lowest BCUT2D eigenvalue weighted by molar-refractivity contribution is 0.187. The summed E-state index contributed by atoms with van der Waals surface area (Å²) in [4.78, 5) is 6.97. The smallest absolute Gasteiger partial charge is 0.191 e. The SMILES string of the molecule is CN=C(NCc1cccc(-n2cccn2)c1)NC1CCN(CC(C)C)CC1.I. The van der Waals surface area contributed by atoms with Crippen LogP contribution in [0.25, 0.3) is 5.69 Å². The summed E-state index contributed by atoms with van der Waals surface area (Å²) in [6.45, 7) is 8.85. The van der Waals surface area contributed by atoms with Crippen molar-refractivity contribution in [3.05, 3.63) is 48.3 Å². The summed E-state index contributed by atoms with van der Waals surface area (Å²) in [5, 5.41) is 11.3. The van der Waals surface area contributed by atoms with Crippen molar-refractivity contribution in [2.24, 2.45) is 10.9 Å². The summed E-state index contributed by atoms with van der Waals surface area (Å²) in [6, 6.07) is 10.8. The van der Waals surface area contributed by atoms with Crippen LogP contribution in [0.5, 0.6) is 0 Å². The fraction of sp³-hybridized carbons (Fsp3) is 0.524. The van der Waals surface area contributed by atoms with E-state index >= 15 is 0 Å². The van der Waals surface area contributed by atoms with Crippen LogP contribution < -0.4 is 10.6 Å². The van der Waals surface area contributed by atoms with Gasteiger partial charge in [-0.05, 0) is 42.5 Å². The molecule has 0 bridgehead atoms. The highest BCUT2D eigenvalue weighted by Crippen LogP contribution is 2.12. The summed E-state index contributed by atoms with van der Waals surface area (Å²) < 4.78 is 1.88. The van der Waals surface area contributed by atoms with Gasteiger partial charge in [0.1, 0.15) is 0 Å². The number of nitrogens with one attached hydrogen (secondary N) is 2. The van der Waals surface area contributed by atoms with Gasteiger partial charge in [-0.1, -0.05) is 26.0 Å². The van der Waals surface area contributed by atoms with E-state index in [1.807, 2.05) is 24.0 Å². The number of rotatable bonds is 6. The molecule has 2 heterocycles. The Morgan fingerprint density at radius 1 is 1.25 bits per heavy atom. The van der Waals surface area contributed by atoms with Crippen LogP contribution >= 0.6 is 24.0 Å². The molecule has 2 aromatic rings. The molecule has 0 spiro atoms. The Morgan fingerprint density at radius 2 is 2.04 bits per heavy atom. The molecule has 0 radical (unpaired) electrons. The molecule has 2 N–H and O–H groups in total. The van der Waals surface area contributed by atoms with Crippen LogP contribution in [0, 0.1) is 5.92 Å². The predicted molar refractivity (Wildman–Crippen MR) is 127 cm³/mol. The van der Waals surface area contributed by atoms with Crippen LogP contribution in [-0.2, 0) is 6.54 Å². The second kappa shape index (κ2) is 11.4. The minimum absolute atomic E-state index is 0. The molecule has 1 aliphatic heterocycles. The zero-order chi connectivity index (χ0) is 19.1. The Morgan fingerprint density at radius 3 is 2.68 bits per heavy atom. The van der Waals surface area contributed by atoms with Gasteiger partial charge in [0.25, 0.3) is 0 Å². The zero-order valence-electron chi connectivity index (χ0n) is 17.1. The third-order valence-corrected chi connectivity index (χ3v) is 4.91. The molecular weight excluding hydrogens is 463 g/mol. The van der Waals surface area contributed by atoms with E-state index < -0.39 is 0 Å². The van der Waals surface area contributed by atoms with E-state index in [2.05, 4.69) is 63.7 Å². The maximum atomic E-state index is 4.40. The van der Waals surface area contributed by atoms with Crippen molar-refractivity contribution in [3.63, 3.8) is 0 Å². The summed E-state index contributed by atoms with van der Waals surface area (Å²) in [6.07, 6.45) is 6.09. The van der Waals surface area contributed by atoms with Gasteiger partial charge in [0.2, 0.25) is 0 Å². The lowest BCUT2D eigenvalue weighted by Crippen LogP contribution is -2.48. The first-order valence-electron chi connectivity index (χ1n) is 9.92. The van der Waals surface area contributed by atoms with Gasteiger partial charge in [-0.2, -0.15) is 5.10 Å². The lowest BCUT2D eigenvalue weighted by atomic mass is 10.0. The third kappa shape index (κ3) is 6.77. The Kier molecular flexibility index (Phi) is 9.24. The van der Waals surface area contributed by atoms with Gasteiger partial charge in [0.15, 0.2) is 5.96 Å². The number of guanidine groups is 1. The highest BCUT2D eigenvalue weighted by molar-refractivity contribution is 14.0. The fourth-order valence-electron chi connectivity index (χ4n) is 3.58. The van der Waals surface area contributed by atoms with E-state index in [1.165, 1.54) is 38.0 Å². The van der Waals surface area contributed by atoms with E-state index in [9.17, 15) is 0 Å². The van der Waals surface area contributed by atoms with Crippen LogP contribution in [0.2, 0.25) is 0 Å². The van der Waals surface area contributed by atoms with E-state index in [0.29, 0.717) is 6.04 Å². The predicted octanol–water partition coefficient (Wildman–Crippen LogP) is 3.28. The van der Waals surface area contributed by atoms with Crippen LogP contribution in [0.15, 0.2) is 47.7 Å². The summed E-state index contributed by atoms with van der Waals surface area (Å²) in [7, 11) is 1.84. The molecule has 0 aliphatic carbocycles. The van der Waals surface area contributed by atoms with Gasteiger partial charge in [0.05, 0.1) is 5.69 Å². The molecular formula is C21H33IN6. The molecule has 0 saturated carbocycles. The van der Waals surface area contributed by atoms with Gasteiger partial charge < -0.3 is 15.5 Å². The molecule has 1 fully saturated rings. The van der Waals surface area contributed by atoms with Crippen LogP contribution in [0.3, 0.4) is 0 Å². The summed E-state index contributed by atoms with van der Waals surface area (Å²) >= 11 is 0. The van der Waals surface area contributed by atoms with Crippen molar-refractivity contribution in [1.29, 1.82) is 0 Å². The van der Waals surface area contributed by atoms with Gasteiger partial charge in [-0.25, -0.2) is 4.68 Å². The summed E-state index contributed by atoms with van der Waals surface area (Å²) in [5.74, 6) is 1.61. The van der Waals surface area contributed by atoms with Crippen molar-refractivity contribution in [1.82, 2.24) is 25.3 Å². The van der Waals surface area contributed by atoms with Crippen LogP contribution in [0.1, 0.15) is 32.3 Å². The standard InChI is InChI=1S/C21H32N6.HI/c1-17(2)16-26-12-8-19(9-13-26)25-21(22-3)23-15-18-6-4-7-20(14-18)27-11-5-10-24-27;/h4-7,10-11,14,17,19H,8-9,12-13,15-16H2,1-3H3,(H2,22,23,25);1H. The van der Waals surface area contributed by atoms with Crippen molar-refractivity contribution in [2.45, 2.75) is 39.3 Å². The molecule has 0 atom stereocenters. The number of likely N-dealkylation sites (tertiary alicyclic amines) is 1. The first-order chi connectivity index (χ1) is 13.1. The maximum absolute atomic E-state index is 4.40.